The van der Waals surface area contributed by atoms with Crippen LogP contribution in [0, 0.1) is 25.2 Å². The molecular weight excluding hydrogens is 380 g/mol. The van der Waals surface area contributed by atoms with Crippen LogP contribution >= 0.6 is 0 Å². The standard InChI is InChI=1S/C22H24N6O2/c1-13(2)25-22(30)16-5-7-18(8-6-16)27-20(29)10-9-19-14(3)26-21-17(11-23)12-24-28(21)15(19)4/h5-8,12-13H,9-10H2,1-4H3,(H,25,30)(H,27,29). The molecule has 154 valence electrons. The minimum atomic E-state index is -0.144. The molecule has 1 aromatic carbocycles. The summed E-state index contributed by atoms with van der Waals surface area (Å²) < 4.78 is 1.64. The molecule has 0 aliphatic carbocycles. The highest BCUT2D eigenvalue weighted by Crippen LogP contribution is 2.19. The van der Waals surface area contributed by atoms with Gasteiger partial charge in [-0.15, -0.1) is 0 Å². The lowest BCUT2D eigenvalue weighted by Crippen LogP contribution is -2.30. The molecule has 2 aromatic heterocycles. The first-order chi connectivity index (χ1) is 14.3. The molecule has 0 saturated heterocycles. The quantitative estimate of drug-likeness (QED) is 0.656. The Balaban J connectivity index is 1.65. The fraction of sp³-hybridized carbons (Fsp3) is 0.318. The zero-order chi connectivity index (χ0) is 21.8. The number of nitriles is 1. The van der Waals surface area contributed by atoms with Crippen LogP contribution in [0.4, 0.5) is 5.69 Å². The Hall–Kier alpha value is -3.73. The van der Waals surface area contributed by atoms with Crippen LogP contribution in [0.5, 0.6) is 0 Å². The molecule has 0 saturated carbocycles. The molecule has 30 heavy (non-hydrogen) atoms. The van der Waals surface area contributed by atoms with Crippen molar-refractivity contribution in [2.75, 3.05) is 5.32 Å². The number of amides is 2. The van der Waals surface area contributed by atoms with Crippen molar-refractivity contribution in [1.82, 2.24) is 19.9 Å². The van der Waals surface area contributed by atoms with E-state index in [0.29, 0.717) is 28.9 Å². The summed E-state index contributed by atoms with van der Waals surface area (Å²) in [6.07, 6.45) is 2.27. The average Bonchev–Trinajstić information content (AvgIpc) is 3.10. The zero-order valence-corrected chi connectivity index (χ0v) is 17.5. The summed E-state index contributed by atoms with van der Waals surface area (Å²) >= 11 is 0. The van der Waals surface area contributed by atoms with Crippen LogP contribution in [0.25, 0.3) is 5.65 Å². The van der Waals surface area contributed by atoms with Gasteiger partial charge in [-0.25, -0.2) is 9.50 Å². The number of benzene rings is 1. The molecule has 0 atom stereocenters. The van der Waals surface area contributed by atoms with E-state index < -0.39 is 0 Å². The van der Waals surface area contributed by atoms with Crippen LogP contribution < -0.4 is 10.6 Å². The van der Waals surface area contributed by atoms with Gasteiger partial charge in [0.25, 0.3) is 5.91 Å². The molecule has 2 heterocycles. The summed E-state index contributed by atoms with van der Waals surface area (Å²) in [6, 6.07) is 8.94. The minimum Gasteiger partial charge on any atom is -0.350 e. The molecule has 0 aliphatic rings. The summed E-state index contributed by atoms with van der Waals surface area (Å²) in [4.78, 5) is 28.9. The highest BCUT2D eigenvalue weighted by molar-refractivity contribution is 5.96. The Morgan fingerprint density at radius 1 is 1.20 bits per heavy atom. The maximum atomic E-state index is 12.4. The molecule has 0 aliphatic heterocycles. The van der Waals surface area contributed by atoms with Crippen LogP contribution in [-0.4, -0.2) is 32.5 Å². The summed E-state index contributed by atoms with van der Waals surface area (Å²) in [6.45, 7) is 7.58. The highest BCUT2D eigenvalue weighted by Gasteiger charge is 2.15. The summed E-state index contributed by atoms with van der Waals surface area (Å²) in [5, 5.41) is 19.1. The predicted octanol–water partition coefficient (Wildman–Crippen LogP) is 2.93. The van der Waals surface area contributed by atoms with Gasteiger partial charge in [-0.2, -0.15) is 10.4 Å². The summed E-state index contributed by atoms with van der Waals surface area (Å²) in [5.41, 5.74) is 4.72. The van der Waals surface area contributed by atoms with E-state index in [-0.39, 0.29) is 24.3 Å². The second kappa shape index (κ2) is 8.74. The second-order valence-electron chi connectivity index (χ2n) is 7.42. The molecule has 2 N–H and O–H groups in total. The average molecular weight is 404 g/mol. The number of anilines is 1. The van der Waals surface area contributed by atoms with E-state index >= 15 is 0 Å². The summed E-state index contributed by atoms with van der Waals surface area (Å²) in [7, 11) is 0. The van der Waals surface area contributed by atoms with Gasteiger partial charge >= 0.3 is 0 Å². The van der Waals surface area contributed by atoms with E-state index in [0.717, 1.165) is 17.0 Å². The van der Waals surface area contributed by atoms with Crippen molar-refractivity contribution in [3.05, 3.63) is 58.5 Å². The number of nitrogens with zero attached hydrogens (tertiary/aromatic N) is 4. The summed E-state index contributed by atoms with van der Waals surface area (Å²) in [5.74, 6) is -0.277. The maximum absolute atomic E-state index is 12.4. The van der Waals surface area contributed by atoms with E-state index in [1.54, 1.807) is 28.8 Å². The predicted molar refractivity (Wildman–Crippen MR) is 113 cm³/mol. The SMILES string of the molecule is Cc1nc2c(C#N)cnn2c(C)c1CCC(=O)Nc1ccc(C(=O)NC(C)C)cc1. The van der Waals surface area contributed by atoms with Gasteiger partial charge in [0.05, 0.1) is 6.20 Å². The van der Waals surface area contributed by atoms with E-state index in [9.17, 15) is 9.59 Å². The number of carbonyl (C=O) groups is 2. The Labute approximate surface area is 174 Å². The smallest absolute Gasteiger partial charge is 0.251 e. The first-order valence-electron chi connectivity index (χ1n) is 9.75. The Kier molecular flexibility index (Phi) is 6.11. The molecule has 8 nitrogen and oxygen atoms in total. The number of aromatic nitrogens is 3. The van der Waals surface area contributed by atoms with Gasteiger partial charge < -0.3 is 10.6 Å². The van der Waals surface area contributed by atoms with Crippen molar-refractivity contribution in [1.29, 1.82) is 5.26 Å². The van der Waals surface area contributed by atoms with Crippen LogP contribution in [0.3, 0.4) is 0 Å². The first kappa shape index (κ1) is 21.0. The normalized spacial score (nSPS) is 10.8. The molecule has 0 radical (unpaired) electrons. The Morgan fingerprint density at radius 3 is 2.53 bits per heavy atom. The third-order valence-corrected chi connectivity index (χ3v) is 4.78. The third-order valence-electron chi connectivity index (χ3n) is 4.78. The van der Waals surface area contributed by atoms with Crippen LogP contribution in [-0.2, 0) is 11.2 Å². The topological polar surface area (TPSA) is 112 Å². The maximum Gasteiger partial charge on any atom is 0.251 e. The number of hydrogen-bond acceptors (Lipinski definition) is 5. The molecule has 0 bridgehead atoms. The number of nitrogens with one attached hydrogen (secondary N) is 2. The molecule has 2 amide bonds. The zero-order valence-electron chi connectivity index (χ0n) is 17.5. The van der Waals surface area contributed by atoms with Crippen molar-refractivity contribution < 1.29 is 9.59 Å². The first-order valence-corrected chi connectivity index (χ1v) is 9.75. The number of aryl methyl sites for hydroxylation is 2. The Bertz CT molecular complexity index is 1140. The fourth-order valence-corrected chi connectivity index (χ4v) is 3.26. The lowest BCUT2D eigenvalue weighted by Gasteiger charge is -2.12. The van der Waals surface area contributed by atoms with Gasteiger partial charge in [-0.3, -0.25) is 9.59 Å². The largest absolute Gasteiger partial charge is 0.350 e. The van der Waals surface area contributed by atoms with Gasteiger partial charge in [-0.1, -0.05) is 0 Å². The molecule has 3 rings (SSSR count). The third kappa shape index (κ3) is 4.46. The van der Waals surface area contributed by atoms with Gasteiger partial charge in [0.2, 0.25) is 5.91 Å². The van der Waals surface area contributed by atoms with Crippen LogP contribution in [0.2, 0.25) is 0 Å². The second-order valence-corrected chi connectivity index (χ2v) is 7.42. The van der Waals surface area contributed by atoms with Gasteiger partial charge in [0.1, 0.15) is 11.6 Å². The fourth-order valence-electron chi connectivity index (χ4n) is 3.26. The van der Waals surface area contributed by atoms with Crippen molar-refractivity contribution >= 4 is 23.1 Å². The van der Waals surface area contributed by atoms with Crippen molar-refractivity contribution in [2.24, 2.45) is 0 Å². The molecule has 0 spiro atoms. The lowest BCUT2D eigenvalue weighted by atomic mass is 10.1. The van der Waals surface area contributed by atoms with Crippen molar-refractivity contribution in [3.63, 3.8) is 0 Å². The van der Waals surface area contributed by atoms with Gasteiger partial charge in [0.15, 0.2) is 5.65 Å². The Morgan fingerprint density at radius 2 is 1.90 bits per heavy atom. The minimum absolute atomic E-state index is 0.0609. The molecular formula is C22H24N6O2. The molecule has 0 fully saturated rings. The van der Waals surface area contributed by atoms with Gasteiger partial charge in [0, 0.05) is 35.1 Å². The highest BCUT2D eigenvalue weighted by atomic mass is 16.2. The number of fused-ring (bicyclic) bond motifs is 1. The number of carbonyl (C=O) groups excluding carboxylic acids is 2. The lowest BCUT2D eigenvalue weighted by molar-refractivity contribution is -0.116. The number of rotatable bonds is 6. The van der Waals surface area contributed by atoms with Crippen LogP contribution in [0.15, 0.2) is 30.5 Å². The molecule has 0 unspecified atom stereocenters. The number of hydrogen-bond donors (Lipinski definition) is 2. The van der Waals surface area contributed by atoms with E-state index in [2.05, 4.69) is 26.8 Å². The monoisotopic (exact) mass is 404 g/mol. The van der Waals surface area contributed by atoms with Crippen LogP contribution in [0.1, 0.15) is 53.1 Å². The molecule has 8 heteroatoms. The molecule has 3 aromatic rings. The van der Waals surface area contributed by atoms with E-state index in [1.165, 1.54) is 6.20 Å². The van der Waals surface area contributed by atoms with Crippen molar-refractivity contribution in [2.45, 2.75) is 46.6 Å². The van der Waals surface area contributed by atoms with Gasteiger partial charge in [-0.05, 0) is 63.9 Å². The van der Waals surface area contributed by atoms with Crippen molar-refractivity contribution in [3.8, 4) is 6.07 Å². The van der Waals surface area contributed by atoms with E-state index in [1.807, 2.05) is 27.7 Å². The van der Waals surface area contributed by atoms with E-state index in [4.69, 9.17) is 5.26 Å².